The van der Waals surface area contributed by atoms with Crippen LogP contribution in [0.15, 0.2) is 36.4 Å². The molecule has 1 aromatic heterocycles. The Balaban J connectivity index is 2.40. The van der Waals surface area contributed by atoms with Gasteiger partial charge in [0.2, 0.25) is 5.69 Å². The smallest absolute Gasteiger partial charge is 0.198 e. The van der Waals surface area contributed by atoms with Crippen LogP contribution in [0, 0.1) is 13.8 Å². The largest absolute Gasteiger partial charge is 0.220 e. The van der Waals surface area contributed by atoms with Gasteiger partial charge in [0, 0.05) is 13.0 Å². The Hall–Kier alpha value is -1.93. The maximum atomic E-state index is 2.44. The molecule has 0 aliphatic heterocycles. The molecule has 0 amide bonds. The third kappa shape index (κ3) is 3.60. The number of benzene rings is 2. The van der Waals surface area contributed by atoms with Gasteiger partial charge in [-0.05, 0) is 54.0 Å². The van der Waals surface area contributed by atoms with Crippen LogP contribution in [0.2, 0.25) is 19.6 Å². The second-order valence-corrected chi connectivity index (χ2v) is 14.0. The van der Waals surface area contributed by atoms with E-state index in [1.165, 1.54) is 49.6 Å². The molecule has 142 valence electrons. The van der Waals surface area contributed by atoms with E-state index in [9.17, 15) is 0 Å². The molecular formula is C25H34NSi+. The molecule has 0 saturated heterocycles. The summed E-state index contributed by atoms with van der Waals surface area (Å²) < 4.78 is 2.37. The molecule has 0 unspecified atom stereocenters. The van der Waals surface area contributed by atoms with E-state index < -0.39 is 8.07 Å². The van der Waals surface area contributed by atoms with Crippen molar-refractivity contribution in [3.05, 3.63) is 58.8 Å². The first-order chi connectivity index (χ1) is 12.7. The highest BCUT2D eigenvalue weighted by Crippen LogP contribution is 2.31. The molecule has 0 atom stereocenters. The van der Waals surface area contributed by atoms with Crippen molar-refractivity contribution in [3.63, 3.8) is 0 Å². The highest BCUT2D eigenvalue weighted by Gasteiger charge is 2.23. The minimum Gasteiger partial charge on any atom is -0.198 e. The van der Waals surface area contributed by atoms with E-state index in [0.717, 1.165) is 12.8 Å². The molecule has 0 bridgehead atoms. The summed E-state index contributed by atoms with van der Waals surface area (Å²) in [5, 5.41) is 4.27. The molecule has 1 nitrogen and oxygen atoms in total. The molecular weight excluding hydrogens is 342 g/mol. The zero-order valence-corrected chi connectivity index (χ0v) is 19.3. The summed E-state index contributed by atoms with van der Waals surface area (Å²) in [6.45, 7) is 16.3. The number of hydrogen-bond donors (Lipinski definition) is 0. The number of hydrogen-bond acceptors (Lipinski definition) is 0. The van der Waals surface area contributed by atoms with Crippen LogP contribution in [0.1, 0.15) is 36.2 Å². The van der Waals surface area contributed by atoms with Crippen molar-refractivity contribution in [1.82, 2.24) is 0 Å². The number of fused-ring (bicyclic) bond motifs is 1. The molecule has 0 saturated carbocycles. The van der Waals surface area contributed by atoms with Crippen LogP contribution in [-0.2, 0) is 19.9 Å². The van der Waals surface area contributed by atoms with E-state index >= 15 is 0 Å². The van der Waals surface area contributed by atoms with E-state index in [0.29, 0.717) is 0 Å². The van der Waals surface area contributed by atoms with E-state index in [2.05, 4.69) is 95.3 Å². The standard InChI is InChI=1S/C25H34NSi/c1-9-19-14-20(10-2)18(4)24(15-19)25-23-12-11-22(27(6,7)8)16-21(23)13-17(3)26(25)5/h11-16H,9-10H2,1-8H3/q+1. The van der Waals surface area contributed by atoms with Crippen LogP contribution in [0.3, 0.4) is 0 Å². The number of rotatable bonds is 4. The lowest BCUT2D eigenvalue weighted by molar-refractivity contribution is -0.665. The number of nitrogens with zero attached hydrogens (tertiary/aromatic N) is 1. The molecule has 3 aromatic rings. The number of aryl methyl sites for hydroxylation is 3. The Bertz CT molecular complexity index is 1010. The fourth-order valence-electron chi connectivity index (χ4n) is 4.03. The molecule has 0 aliphatic carbocycles. The van der Waals surface area contributed by atoms with Gasteiger partial charge in [0.05, 0.1) is 19.0 Å². The Morgan fingerprint density at radius 3 is 2.19 bits per heavy atom. The second kappa shape index (κ2) is 7.24. The van der Waals surface area contributed by atoms with Crippen molar-refractivity contribution in [3.8, 4) is 11.3 Å². The average molecular weight is 377 g/mol. The monoisotopic (exact) mass is 376 g/mol. The Kier molecular flexibility index (Phi) is 5.31. The van der Waals surface area contributed by atoms with Crippen LogP contribution in [0.5, 0.6) is 0 Å². The normalized spacial score (nSPS) is 12.0. The van der Waals surface area contributed by atoms with Gasteiger partial charge >= 0.3 is 0 Å². The summed E-state index contributed by atoms with van der Waals surface area (Å²) in [6.07, 6.45) is 2.16. The van der Waals surface area contributed by atoms with Crippen molar-refractivity contribution in [2.24, 2.45) is 7.05 Å². The van der Waals surface area contributed by atoms with Gasteiger partial charge in [0.1, 0.15) is 7.05 Å². The first-order valence-corrected chi connectivity index (χ1v) is 13.7. The van der Waals surface area contributed by atoms with E-state index in [1.807, 2.05) is 0 Å². The van der Waals surface area contributed by atoms with Crippen LogP contribution in [0.25, 0.3) is 22.0 Å². The lowest BCUT2D eigenvalue weighted by Crippen LogP contribution is -2.38. The van der Waals surface area contributed by atoms with Gasteiger partial charge in [-0.25, -0.2) is 0 Å². The first-order valence-electron chi connectivity index (χ1n) is 10.2. The Labute approximate surface area is 166 Å². The molecule has 2 heteroatoms. The summed E-state index contributed by atoms with van der Waals surface area (Å²) >= 11 is 0. The summed E-state index contributed by atoms with van der Waals surface area (Å²) in [6, 6.07) is 14.3. The average Bonchev–Trinajstić information content (AvgIpc) is 2.62. The third-order valence-corrected chi connectivity index (χ3v) is 8.06. The molecule has 0 spiro atoms. The van der Waals surface area contributed by atoms with E-state index in [-0.39, 0.29) is 0 Å². The predicted octanol–water partition coefficient (Wildman–Crippen LogP) is 5.62. The van der Waals surface area contributed by atoms with Crippen molar-refractivity contribution < 1.29 is 4.57 Å². The molecule has 1 heterocycles. The van der Waals surface area contributed by atoms with Crippen LogP contribution in [-0.4, -0.2) is 8.07 Å². The third-order valence-electron chi connectivity index (χ3n) is 6.02. The fraction of sp³-hybridized carbons (Fsp3) is 0.400. The van der Waals surface area contributed by atoms with Crippen molar-refractivity contribution >= 4 is 24.0 Å². The molecule has 27 heavy (non-hydrogen) atoms. The molecule has 2 aromatic carbocycles. The maximum Gasteiger partial charge on any atom is 0.220 e. The van der Waals surface area contributed by atoms with Crippen molar-refractivity contribution in [2.75, 3.05) is 0 Å². The van der Waals surface area contributed by atoms with Gasteiger partial charge in [-0.1, -0.05) is 56.9 Å². The van der Waals surface area contributed by atoms with Gasteiger partial charge in [0.15, 0.2) is 5.69 Å². The van der Waals surface area contributed by atoms with Gasteiger partial charge in [0.25, 0.3) is 0 Å². The van der Waals surface area contributed by atoms with E-state index in [1.54, 1.807) is 0 Å². The zero-order chi connectivity index (χ0) is 19.9. The fourth-order valence-corrected chi connectivity index (χ4v) is 5.20. The van der Waals surface area contributed by atoms with Crippen molar-refractivity contribution in [2.45, 2.75) is 60.2 Å². The van der Waals surface area contributed by atoms with Crippen LogP contribution >= 0.6 is 0 Å². The zero-order valence-electron chi connectivity index (χ0n) is 18.3. The van der Waals surface area contributed by atoms with Gasteiger partial charge in [-0.15, -0.1) is 0 Å². The Morgan fingerprint density at radius 2 is 1.59 bits per heavy atom. The second-order valence-electron chi connectivity index (χ2n) is 8.88. The molecule has 0 fully saturated rings. The highest BCUT2D eigenvalue weighted by molar-refractivity contribution is 6.88. The topological polar surface area (TPSA) is 3.88 Å². The van der Waals surface area contributed by atoms with Gasteiger partial charge in [-0.3, -0.25) is 0 Å². The summed E-state index contributed by atoms with van der Waals surface area (Å²) in [4.78, 5) is 0. The SMILES string of the molecule is CCc1cc(CC)c(C)c(-c2c3ccc([Si](C)(C)C)cc3cc(C)[n+]2C)c1. The van der Waals surface area contributed by atoms with E-state index in [4.69, 9.17) is 0 Å². The summed E-state index contributed by atoms with van der Waals surface area (Å²) in [5.74, 6) is 0. The molecule has 0 N–H and O–H groups in total. The molecule has 0 radical (unpaired) electrons. The van der Waals surface area contributed by atoms with Gasteiger partial charge in [-0.2, -0.15) is 4.57 Å². The predicted molar refractivity (Wildman–Crippen MR) is 122 cm³/mol. The molecule has 3 rings (SSSR count). The maximum absolute atomic E-state index is 2.44. The first kappa shape index (κ1) is 19.8. The molecule has 0 aliphatic rings. The minimum atomic E-state index is -1.33. The van der Waals surface area contributed by atoms with Crippen LogP contribution < -0.4 is 9.75 Å². The van der Waals surface area contributed by atoms with Gasteiger partial charge < -0.3 is 0 Å². The van der Waals surface area contributed by atoms with Crippen molar-refractivity contribution in [1.29, 1.82) is 0 Å². The highest BCUT2D eigenvalue weighted by atomic mass is 28.3. The van der Waals surface area contributed by atoms with Crippen LogP contribution in [0.4, 0.5) is 0 Å². The quantitative estimate of drug-likeness (QED) is 0.411. The number of aromatic nitrogens is 1. The summed E-state index contributed by atoms with van der Waals surface area (Å²) in [7, 11) is 0.883. The lowest BCUT2D eigenvalue weighted by atomic mass is 9.92. The Morgan fingerprint density at radius 1 is 0.889 bits per heavy atom. The summed E-state index contributed by atoms with van der Waals surface area (Å²) in [5.41, 5.74) is 8.38. The lowest BCUT2D eigenvalue weighted by Gasteiger charge is -2.18. The minimum absolute atomic E-state index is 1.08. The number of pyridine rings is 1.